The number of carbonyl (C=O) groups excluding carboxylic acids is 1. The van der Waals surface area contributed by atoms with Crippen molar-refractivity contribution in [3.8, 4) is 16.9 Å². The Hall–Kier alpha value is -2.06. The minimum Gasteiger partial charge on any atom is -0.493 e. The minimum atomic E-state index is -3.01. The molecule has 180 valence electrons. The molecule has 0 bridgehead atoms. The van der Waals surface area contributed by atoms with Crippen LogP contribution in [0, 0.1) is 13.8 Å². The number of rotatable bonds is 5. The Morgan fingerprint density at radius 1 is 1.21 bits per heavy atom. The fourth-order valence-electron chi connectivity index (χ4n) is 3.84. The van der Waals surface area contributed by atoms with E-state index in [2.05, 4.69) is 20.9 Å². The Bertz CT molecular complexity index is 1060. The van der Waals surface area contributed by atoms with Crippen LogP contribution in [0.1, 0.15) is 69.7 Å². The number of alkyl halides is 2. The molecule has 5 nitrogen and oxygen atoms in total. The van der Waals surface area contributed by atoms with Gasteiger partial charge in [0.1, 0.15) is 5.75 Å². The first-order valence-corrected chi connectivity index (χ1v) is 11.7. The van der Waals surface area contributed by atoms with Crippen molar-refractivity contribution in [3.05, 3.63) is 45.2 Å². The van der Waals surface area contributed by atoms with Gasteiger partial charge in [-0.1, -0.05) is 6.07 Å². The van der Waals surface area contributed by atoms with Crippen LogP contribution < -0.4 is 4.74 Å². The van der Waals surface area contributed by atoms with E-state index in [0.717, 1.165) is 0 Å². The van der Waals surface area contributed by atoms with E-state index in [9.17, 15) is 13.6 Å². The molecular weight excluding hydrogens is 496 g/mol. The largest absolute Gasteiger partial charge is 0.493 e. The number of pyridine rings is 1. The van der Waals surface area contributed by atoms with Crippen molar-refractivity contribution in [2.24, 2.45) is 0 Å². The molecule has 0 aliphatic carbocycles. The van der Waals surface area contributed by atoms with E-state index < -0.39 is 23.6 Å². The van der Waals surface area contributed by atoms with Gasteiger partial charge in [-0.15, -0.1) is 0 Å². The second-order valence-electron chi connectivity index (χ2n) is 9.50. The lowest BCUT2D eigenvalue weighted by Gasteiger charge is -2.30. The van der Waals surface area contributed by atoms with Gasteiger partial charge < -0.3 is 14.2 Å². The van der Waals surface area contributed by atoms with Gasteiger partial charge in [0.05, 0.1) is 36.0 Å². The summed E-state index contributed by atoms with van der Waals surface area (Å²) in [6.45, 7) is 12.6. The van der Waals surface area contributed by atoms with E-state index in [1.807, 2.05) is 27.7 Å². The second kappa shape index (κ2) is 9.29. The lowest BCUT2D eigenvalue weighted by atomic mass is 9.91. The molecule has 2 heterocycles. The summed E-state index contributed by atoms with van der Waals surface area (Å²) in [6.07, 6.45) is -1.84. The average molecular weight is 526 g/mol. The standard InChI is InChI=1S/C25H30BrF2NO4/c1-13(2)32-23(30)22(33-24(5,6)7)19-14(3)29-15(4)21(26)20(19)16-8-9-18-17(12-16)25(27,28)10-11-31-18/h8-9,12-13,22H,10-11H2,1-7H3/t22-/m0/s1. The summed E-state index contributed by atoms with van der Waals surface area (Å²) in [5.41, 5.74) is 1.93. The van der Waals surface area contributed by atoms with Crippen molar-refractivity contribution < 1.29 is 27.8 Å². The molecule has 0 saturated carbocycles. The maximum absolute atomic E-state index is 14.7. The summed E-state index contributed by atoms with van der Waals surface area (Å²) in [6, 6.07) is 4.69. The van der Waals surface area contributed by atoms with E-state index >= 15 is 0 Å². The molecule has 1 aromatic carbocycles. The van der Waals surface area contributed by atoms with Gasteiger partial charge in [-0.25, -0.2) is 13.6 Å². The van der Waals surface area contributed by atoms with Crippen LogP contribution in [0.4, 0.5) is 8.78 Å². The van der Waals surface area contributed by atoms with Crippen molar-refractivity contribution in [2.45, 2.75) is 78.6 Å². The highest BCUT2D eigenvalue weighted by molar-refractivity contribution is 9.10. The van der Waals surface area contributed by atoms with Crippen LogP contribution in [-0.4, -0.2) is 29.3 Å². The van der Waals surface area contributed by atoms with Crippen molar-refractivity contribution in [3.63, 3.8) is 0 Å². The predicted octanol–water partition coefficient (Wildman–Crippen LogP) is 6.81. The fourth-order valence-corrected chi connectivity index (χ4v) is 4.37. The molecule has 0 fully saturated rings. The first kappa shape index (κ1) is 25.6. The predicted molar refractivity (Wildman–Crippen MR) is 126 cm³/mol. The number of aromatic nitrogens is 1. The number of esters is 1. The Balaban J connectivity index is 2.28. The topological polar surface area (TPSA) is 57.7 Å². The maximum Gasteiger partial charge on any atom is 0.340 e. The Morgan fingerprint density at radius 2 is 1.88 bits per heavy atom. The lowest BCUT2D eigenvalue weighted by molar-refractivity contribution is -0.171. The van der Waals surface area contributed by atoms with Crippen LogP contribution in [0.3, 0.4) is 0 Å². The molecule has 3 rings (SSSR count). The van der Waals surface area contributed by atoms with Gasteiger partial charge in [-0.2, -0.15) is 0 Å². The molecule has 1 aromatic heterocycles. The third kappa shape index (κ3) is 5.54. The highest BCUT2D eigenvalue weighted by Gasteiger charge is 2.39. The summed E-state index contributed by atoms with van der Waals surface area (Å²) in [4.78, 5) is 17.7. The normalized spacial score (nSPS) is 16.2. The molecule has 0 spiro atoms. The van der Waals surface area contributed by atoms with E-state index in [-0.39, 0.29) is 30.4 Å². The fraction of sp³-hybridized carbons (Fsp3) is 0.520. The molecule has 1 aliphatic heterocycles. The molecule has 0 N–H and O–H groups in total. The molecule has 0 amide bonds. The number of benzene rings is 1. The SMILES string of the molecule is Cc1nc(C)c([C@H](OC(C)(C)C)C(=O)OC(C)C)c(-c2ccc3c(c2)C(F)(F)CCO3)c1Br. The number of nitrogens with zero attached hydrogens (tertiary/aromatic N) is 1. The van der Waals surface area contributed by atoms with E-state index in [0.29, 0.717) is 32.6 Å². The Kier molecular flexibility index (Phi) is 7.20. The van der Waals surface area contributed by atoms with Crippen LogP contribution in [0.2, 0.25) is 0 Å². The van der Waals surface area contributed by atoms with Crippen molar-refractivity contribution >= 4 is 21.9 Å². The van der Waals surface area contributed by atoms with Gasteiger partial charge in [0.25, 0.3) is 5.92 Å². The first-order valence-electron chi connectivity index (χ1n) is 10.9. The lowest BCUT2D eigenvalue weighted by Crippen LogP contribution is -2.31. The van der Waals surface area contributed by atoms with Gasteiger partial charge >= 0.3 is 5.97 Å². The summed E-state index contributed by atoms with van der Waals surface area (Å²) in [5.74, 6) is -3.41. The zero-order valence-corrected chi connectivity index (χ0v) is 21.6. The van der Waals surface area contributed by atoms with Gasteiger partial charge in [0.15, 0.2) is 6.10 Å². The third-order valence-corrected chi connectivity index (χ3v) is 6.14. The summed E-state index contributed by atoms with van der Waals surface area (Å²) >= 11 is 3.59. The third-order valence-electron chi connectivity index (χ3n) is 5.17. The first-order chi connectivity index (χ1) is 15.2. The molecule has 1 aliphatic rings. The van der Waals surface area contributed by atoms with Crippen molar-refractivity contribution in [1.29, 1.82) is 0 Å². The van der Waals surface area contributed by atoms with Crippen molar-refractivity contribution in [2.75, 3.05) is 6.61 Å². The monoisotopic (exact) mass is 525 g/mol. The Morgan fingerprint density at radius 3 is 2.48 bits per heavy atom. The van der Waals surface area contributed by atoms with E-state index in [1.54, 1.807) is 32.9 Å². The van der Waals surface area contributed by atoms with Crippen LogP contribution in [0.25, 0.3) is 11.1 Å². The number of aryl methyl sites for hydroxylation is 2. The van der Waals surface area contributed by atoms with E-state index in [4.69, 9.17) is 14.2 Å². The van der Waals surface area contributed by atoms with Crippen LogP contribution in [-0.2, 0) is 20.2 Å². The highest BCUT2D eigenvalue weighted by atomic mass is 79.9. The van der Waals surface area contributed by atoms with E-state index in [1.165, 1.54) is 6.07 Å². The number of halogens is 3. The van der Waals surface area contributed by atoms with Gasteiger partial charge in [-0.05, 0) is 82.1 Å². The zero-order chi connectivity index (χ0) is 24.7. The number of hydrogen-bond donors (Lipinski definition) is 0. The molecule has 0 radical (unpaired) electrons. The molecule has 33 heavy (non-hydrogen) atoms. The maximum atomic E-state index is 14.7. The molecule has 2 aromatic rings. The van der Waals surface area contributed by atoms with Crippen LogP contribution >= 0.6 is 15.9 Å². The number of ether oxygens (including phenoxy) is 3. The molecule has 8 heteroatoms. The number of hydrogen-bond acceptors (Lipinski definition) is 5. The number of carbonyl (C=O) groups is 1. The van der Waals surface area contributed by atoms with Crippen molar-refractivity contribution in [1.82, 2.24) is 4.98 Å². The molecule has 0 saturated heterocycles. The minimum absolute atomic E-state index is 0.0374. The van der Waals surface area contributed by atoms with Gasteiger partial charge in [0, 0.05) is 21.3 Å². The quantitative estimate of drug-likeness (QED) is 0.401. The summed E-state index contributed by atoms with van der Waals surface area (Å²) in [5, 5.41) is 0. The van der Waals surface area contributed by atoms with Gasteiger partial charge in [-0.3, -0.25) is 4.98 Å². The summed E-state index contributed by atoms with van der Waals surface area (Å²) < 4.78 is 47.1. The number of fused-ring (bicyclic) bond motifs is 1. The molecule has 0 unspecified atom stereocenters. The molecule has 1 atom stereocenters. The average Bonchev–Trinajstić information content (AvgIpc) is 2.67. The Labute approximate surface area is 202 Å². The van der Waals surface area contributed by atoms with Gasteiger partial charge in [0.2, 0.25) is 0 Å². The summed E-state index contributed by atoms with van der Waals surface area (Å²) in [7, 11) is 0. The smallest absolute Gasteiger partial charge is 0.340 e. The van der Waals surface area contributed by atoms with Crippen LogP contribution in [0.5, 0.6) is 5.75 Å². The van der Waals surface area contributed by atoms with Crippen LogP contribution in [0.15, 0.2) is 22.7 Å². The zero-order valence-electron chi connectivity index (χ0n) is 20.0. The highest BCUT2D eigenvalue weighted by Crippen LogP contribution is 2.46. The molecular formula is C25H30BrF2NO4. The second-order valence-corrected chi connectivity index (χ2v) is 10.3.